The van der Waals surface area contributed by atoms with E-state index >= 15 is 0 Å². The highest BCUT2D eigenvalue weighted by Gasteiger charge is 2.28. The molecular formula is C13H18N4O5S. The van der Waals surface area contributed by atoms with Crippen LogP contribution in [-0.4, -0.2) is 45.4 Å². The number of nitrogens with zero attached hydrogens (tertiary/aromatic N) is 2. The molecule has 1 atom stereocenters. The standard InChI is InChI=1S/C13H18N4O5S/c1-9-7-13(18)15-5-6-16(9)11-4-3-10(23(21,22)14-2)8-12(11)17(19)20/h3-4,8-9,14H,5-7H2,1-2H3,(H,15,18). The summed E-state index contributed by atoms with van der Waals surface area (Å²) in [5.41, 5.74) is -0.00317. The van der Waals surface area contributed by atoms with Crippen LogP contribution in [0.3, 0.4) is 0 Å². The molecule has 1 fully saturated rings. The molecule has 0 spiro atoms. The van der Waals surface area contributed by atoms with Gasteiger partial charge >= 0.3 is 0 Å². The highest BCUT2D eigenvalue weighted by Crippen LogP contribution is 2.32. The summed E-state index contributed by atoms with van der Waals surface area (Å²) in [6.07, 6.45) is 0.216. The van der Waals surface area contributed by atoms with E-state index in [1.807, 2.05) is 0 Å². The van der Waals surface area contributed by atoms with E-state index in [4.69, 9.17) is 0 Å². The SMILES string of the molecule is CNS(=O)(=O)c1ccc(N2CCNC(=O)CC2C)c([N+](=O)[O-])c1. The lowest BCUT2D eigenvalue weighted by Crippen LogP contribution is -2.34. The molecule has 2 N–H and O–H groups in total. The minimum Gasteiger partial charge on any atom is -0.361 e. The number of nitro groups is 1. The molecule has 0 saturated carbocycles. The monoisotopic (exact) mass is 342 g/mol. The van der Waals surface area contributed by atoms with Gasteiger partial charge in [-0.15, -0.1) is 0 Å². The van der Waals surface area contributed by atoms with Crippen LogP contribution in [0.15, 0.2) is 23.1 Å². The zero-order chi connectivity index (χ0) is 17.2. The molecule has 2 rings (SSSR count). The number of amides is 1. The van der Waals surface area contributed by atoms with Crippen molar-refractivity contribution >= 4 is 27.3 Å². The number of carbonyl (C=O) groups is 1. The van der Waals surface area contributed by atoms with Gasteiger partial charge in [0.25, 0.3) is 5.69 Å². The molecule has 0 aliphatic carbocycles. The number of anilines is 1. The van der Waals surface area contributed by atoms with Gasteiger partial charge in [0.15, 0.2) is 0 Å². The van der Waals surface area contributed by atoms with Crippen LogP contribution in [0.2, 0.25) is 0 Å². The molecule has 1 unspecified atom stereocenters. The van der Waals surface area contributed by atoms with Crippen LogP contribution in [0.25, 0.3) is 0 Å². The van der Waals surface area contributed by atoms with Gasteiger partial charge < -0.3 is 10.2 Å². The Kier molecular flexibility index (Phi) is 4.85. The van der Waals surface area contributed by atoms with E-state index in [-0.39, 0.29) is 29.0 Å². The Labute approximate surface area is 133 Å². The van der Waals surface area contributed by atoms with E-state index in [1.54, 1.807) is 11.8 Å². The molecule has 23 heavy (non-hydrogen) atoms. The lowest BCUT2D eigenvalue weighted by atomic mass is 10.1. The first-order valence-electron chi connectivity index (χ1n) is 7.01. The Balaban J connectivity index is 2.50. The van der Waals surface area contributed by atoms with Crippen molar-refractivity contribution in [1.82, 2.24) is 10.0 Å². The summed E-state index contributed by atoms with van der Waals surface area (Å²) in [5, 5.41) is 14.1. The lowest BCUT2D eigenvalue weighted by molar-refractivity contribution is -0.384. The molecule has 126 valence electrons. The molecule has 9 nitrogen and oxygen atoms in total. The number of rotatable bonds is 4. The van der Waals surface area contributed by atoms with Gasteiger partial charge in [-0.05, 0) is 26.1 Å². The lowest BCUT2D eigenvalue weighted by Gasteiger charge is -2.28. The van der Waals surface area contributed by atoms with Crippen LogP contribution < -0.4 is 14.9 Å². The average molecular weight is 342 g/mol. The van der Waals surface area contributed by atoms with E-state index in [9.17, 15) is 23.3 Å². The summed E-state index contributed by atoms with van der Waals surface area (Å²) >= 11 is 0. The van der Waals surface area contributed by atoms with E-state index < -0.39 is 14.9 Å². The highest BCUT2D eigenvalue weighted by molar-refractivity contribution is 7.89. The molecule has 1 saturated heterocycles. The van der Waals surface area contributed by atoms with Crippen LogP contribution in [0.4, 0.5) is 11.4 Å². The third-order valence-corrected chi connectivity index (χ3v) is 5.13. The first-order chi connectivity index (χ1) is 10.8. The Morgan fingerprint density at radius 3 is 2.74 bits per heavy atom. The van der Waals surface area contributed by atoms with Crippen molar-refractivity contribution in [2.75, 3.05) is 25.0 Å². The van der Waals surface area contributed by atoms with E-state index in [0.29, 0.717) is 18.8 Å². The van der Waals surface area contributed by atoms with E-state index in [1.165, 1.54) is 19.2 Å². The van der Waals surface area contributed by atoms with E-state index in [0.717, 1.165) is 6.07 Å². The summed E-state index contributed by atoms with van der Waals surface area (Å²) in [6.45, 7) is 2.58. The summed E-state index contributed by atoms with van der Waals surface area (Å²) < 4.78 is 25.8. The quantitative estimate of drug-likeness (QED) is 0.596. The average Bonchev–Trinajstić information content (AvgIpc) is 2.66. The molecule has 1 aromatic carbocycles. The van der Waals surface area contributed by atoms with Gasteiger partial charge in [0, 0.05) is 31.6 Å². The fourth-order valence-corrected chi connectivity index (χ4v) is 3.27. The molecule has 1 heterocycles. The molecule has 0 bridgehead atoms. The van der Waals surface area contributed by atoms with Crippen molar-refractivity contribution < 1.29 is 18.1 Å². The fraction of sp³-hybridized carbons (Fsp3) is 0.462. The van der Waals surface area contributed by atoms with Crippen molar-refractivity contribution in [2.45, 2.75) is 24.3 Å². The summed E-state index contributed by atoms with van der Waals surface area (Å²) in [6, 6.07) is 3.53. The molecule has 0 radical (unpaired) electrons. The normalized spacial score (nSPS) is 19.1. The van der Waals surface area contributed by atoms with Crippen LogP contribution in [0.5, 0.6) is 0 Å². The second-order valence-corrected chi connectivity index (χ2v) is 7.10. The maximum Gasteiger partial charge on any atom is 0.293 e. The predicted molar refractivity (Wildman–Crippen MR) is 83.8 cm³/mol. The van der Waals surface area contributed by atoms with Gasteiger partial charge in [-0.25, -0.2) is 13.1 Å². The predicted octanol–water partition coefficient (Wildman–Crippen LogP) is 0.218. The Hall–Kier alpha value is -2.20. The molecule has 1 aromatic rings. The fourth-order valence-electron chi connectivity index (χ4n) is 2.52. The first-order valence-corrected chi connectivity index (χ1v) is 8.50. The number of sulfonamides is 1. The molecule has 1 aliphatic heterocycles. The van der Waals surface area contributed by atoms with Crippen LogP contribution in [0, 0.1) is 10.1 Å². The van der Waals surface area contributed by atoms with Gasteiger partial charge in [-0.3, -0.25) is 14.9 Å². The van der Waals surface area contributed by atoms with Crippen molar-refractivity contribution in [3.63, 3.8) is 0 Å². The smallest absolute Gasteiger partial charge is 0.293 e. The van der Waals surface area contributed by atoms with Crippen LogP contribution >= 0.6 is 0 Å². The number of carbonyl (C=O) groups excluding carboxylic acids is 1. The zero-order valence-electron chi connectivity index (χ0n) is 12.8. The number of nitrogens with one attached hydrogen (secondary N) is 2. The van der Waals surface area contributed by atoms with Gasteiger partial charge in [0.05, 0.1) is 9.82 Å². The minimum atomic E-state index is -3.77. The van der Waals surface area contributed by atoms with Gasteiger partial charge in [-0.2, -0.15) is 0 Å². The van der Waals surface area contributed by atoms with Crippen molar-refractivity contribution in [2.24, 2.45) is 0 Å². The number of hydrogen-bond donors (Lipinski definition) is 2. The topological polar surface area (TPSA) is 122 Å². The molecule has 1 aliphatic rings. The molecule has 0 aromatic heterocycles. The summed E-state index contributed by atoms with van der Waals surface area (Å²) in [7, 11) is -2.53. The third kappa shape index (κ3) is 3.59. The van der Waals surface area contributed by atoms with E-state index in [2.05, 4.69) is 10.0 Å². The summed E-state index contributed by atoms with van der Waals surface area (Å²) in [4.78, 5) is 23.9. The summed E-state index contributed by atoms with van der Waals surface area (Å²) in [5.74, 6) is -0.114. The highest BCUT2D eigenvalue weighted by atomic mass is 32.2. The second-order valence-electron chi connectivity index (χ2n) is 5.21. The van der Waals surface area contributed by atoms with Crippen molar-refractivity contribution in [3.05, 3.63) is 28.3 Å². The maximum atomic E-state index is 11.8. The Bertz CT molecular complexity index is 734. The second kappa shape index (κ2) is 6.50. The molecule has 10 heteroatoms. The Morgan fingerprint density at radius 2 is 2.13 bits per heavy atom. The zero-order valence-corrected chi connectivity index (χ0v) is 13.6. The van der Waals surface area contributed by atoms with Crippen molar-refractivity contribution in [3.8, 4) is 0 Å². The minimum absolute atomic E-state index is 0.114. The van der Waals surface area contributed by atoms with Gasteiger partial charge in [-0.1, -0.05) is 0 Å². The maximum absolute atomic E-state index is 11.8. The van der Waals surface area contributed by atoms with Crippen LogP contribution in [-0.2, 0) is 14.8 Å². The number of benzene rings is 1. The number of nitro benzene ring substituents is 1. The number of hydrogen-bond acceptors (Lipinski definition) is 6. The third-order valence-electron chi connectivity index (χ3n) is 3.72. The van der Waals surface area contributed by atoms with Gasteiger partial charge in [0.1, 0.15) is 5.69 Å². The Morgan fingerprint density at radius 1 is 1.43 bits per heavy atom. The van der Waals surface area contributed by atoms with Crippen molar-refractivity contribution in [1.29, 1.82) is 0 Å². The first kappa shape index (κ1) is 17.2. The molecular weight excluding hydrogens is 324 g/mol. The van der Waals surface area contributed by atoms with Crippen LogP contribution in [0.1, 0.15) is 13.3 Å². The molecule has 1 amide bonds. The van der Waals surface area contributed by atoms with Gasteiger partial charge in [0.2, 0.25) is 15.9 Å². The largest absolute Gasteiger partial charge is 0.361 e.